The van der Waals surface area contributed by atoms with Gasteiger partial charge in [0.25, 0.3) is 5.56 Å². The van der Waals surface area contributed by atoms with Crippen LogP contribution in [0.1, 0.15) is 22.7 Å². The molecule has 1 aliphatic rings. The first kappa shape index (κ1) is 23.2. The molecule has 0 saturated carbocycles. The quantitative estimate of drug-likeness (QED) is 0.276. The van der Waals surface area contributed by atoms with E-state index in [1.54, 1.807) is 16.7 Å². The number of allylic oxidation sites excluding steroid dienone is 1. The van der Waals surface area contributed by atoms with Gasteiger partial charge in [-0.2, -0.15) is 0 Å². The fourth-order valence-corrected chi connectivity index (χ4v) is 5.44. The predicted molar refractivity (Wildman–Crippen MR) is 139 cm³/mol. The molecule has 35 heavy (non-hydrogen) atoms. The highest BCUT2D eigenvalue weighted by molar-refractivity contribution is 9.10. The molecular formula is C25H15BrClN3O4S. The maximum absolute atomic E-state index is 13.5. The fourth-order valence-electron chi connectivity index (χ4n) is 3.85. The van der Waals surface area contributed by atoms with Crippen molar-refractivity contribution in [3.05, 3.63) is 129 Å². The first-order chi connectivity index (χ1) is 16.8. The summed E-state index contributed by atoms with van der Waals surface area (Å²) in [5, 5.41) is 22.3. The molecule has 10 heteroatoms. The minimum atomic E-state index is -0.675. The Kier molecular flexibility index (Phi) is 6.14. The Balaban J connectivity index is 1.75. The predicted octanol–water partition coefficient (Wildman–Crippen LogP) is 5.03. The van der Waals surface area contributed by atoms with Crippen molar-refractivity contribution in [2.75, 3.05) is 0 Å². The second-order valence-corrected chi connectivity index (χ2v) is 10.1. The zero-order valence-electron chi connectivity index (χ0n) is 17.8. The molecule has 5 rings (SSSR count). The van der Waals surface area contributed by atoms with E-state index in [0.717, 1.165) is 28.2 Å². The molecule has 1 aliphatic heterocycles. The number of hydrogen-bond donors (Lipinski definition) is 1. The van der Waals surface area contributed by atoms with Gasteiger partial charge in [0.15, 0.2) is 4.80 Å². The van der Waals surface area contributed by atoms with E-state index in [4.69, 9.17) is 16.6 Å². The summed E-state index contributed by atoms with van der Waals surface area (Å²) in [7, 11) is 0. The molecule has 0 bridgehead atoms. The molecule has 7 nitrogen and oxygen atoms in total. The Bertz CT molecular complexity index is 1680. The van der Waals surface area contributed by atoms with Crippen molar-refractivity contribution in [3.8, 4) is 5.75 Å². The number of thiazole rings is 1. The van der Waals surface area contributed by atoms with E-state index in [1.165, 1.54) is 18.2 Å². The summed E-state index contributed by atoms with van der Waals surface area (Å²) in [6.07, 6.45) is 3.37. The van der Waals surface area contributed by atoms with E-state index in [2.05, 4.69) is 15.9 Å². The second-order valence-electron chi connectivity index (χ2n) is 7.71. The zero-order chi connectivity index (χ0) is 24.7. The maximum atomic E-state index is 13.5. The molecule has 174 valence electrons. The minimum Gasteiger partial charge on any atom is -0.502 e. The Morgan fingerprint density at radius 1 is 1.14 bits per heavy atom. The lowest BCUT2D eigenvalue weighted by molar-refractivity contribution is -0.385. The summed E-state index contributed by atoms with van der Waals surface area (Å²) in [5.41, 5.74) is 1.86. The van der Waals surface area contributed by atoms with Crippen molar-refractivity contribution in [1.82, 2.24) is 4.57 Å². The number of aromatic hydroxyl groups is 1. The smallest absolute Gasteiger partial charge is 0.312 e. The topological polar surface area (TPSA) is 97.7 Å². The summed E-state index contributed by atoms with van der Waals surface area (Å²) < 4.78 is 2.27. The van der Waals surface area contributed by atoms with E-state index >= 15 is 0 Å². The van der Waals surface area contributed by atoms with Crippen LogP contribution in [0.25, 0.3) is 11.8 Å². The van der Waals surface area contributed by atoms with Crippen molar-refractivity contribution in [2.24, 2.45) is 4.99 Å². The molecule has 3 aromatic carbocycles. The van der Waals surface area contributed by atoms with E-state index in [0.29, 0.717) is 14.3 Å². The Morgan fingerprint density at radius 3 is 2.54 bits per heavy atom. The van der Waals surface area contributed by atoms with Gasteiger partial charge in [-0.05, 0) is 41.5 Å². The normalized spacial score (nSPS) is 15.3. The average molecular weight is 569 g/mol. The van der Waals surface area contributed by atoms with Gasteiger partial charge in [0.2, 0.25) is 5.75 Å². The zero-order valence-corrected chi connectivity index (χ0v) is 20.9. The molecule has 0 fully saturated rings. The van der Waals surface area contributed by atoms with Gasteiger partial charge in [-0.25, -0.2) is 4.99 Å². The number of benzene rings is 3. The number of aromatic nitrogens is 1. The number of hydrogen-bond acceptors (Lipinski definition) is 6. The summed E-state index contributed by atoms with van der Waals surface area (Å²) in [6.45, 7) is 0. The van der Waals surface area contributed by atoms with E-state index in [1.807, 2.05) is 48.5 Å². The highest BCUT2D eigenvalue weighted by Crippen LogP contribution is 2.34. The van der Waals surface area contributed by atoms with Gasteiger partial charge in [0.1, 0.15) is 0 Å². The van der Waals surface area contributed by atoms with Gasteiger partial charge in [0.05, 0.1) is 21.2 Å². The van der Waals surface area contributed by atoms with Crippen molar-refractivity contribution in [3.63, 3.8) is 0 Å². The molecule has 0 spiro atoms. The molecule has 0 amide bonds. The fraction of sp³-hybridized carbons (Fsp3) is 0.0400. The van der Waals surface area contributed by atoms with Crippen LogP contribution in [0, 0.1) is 10.1 Å². The number of phenolic OH excluding ortho intramolecular Hbond substituents is 1. The molecule has 0 aliphatic carbocycles. The van der Waals surface area contributed by atoms with Crippen molar-refractivity contribution >= 4 is 56.3 Å². The van der Waals surface area contributed by atoms with E-state index in [-0.39, 0.29) is 15.7 Å². The third kappa shape index (κ3) is 4.45. The van der Waals surface area contributed by atoms with Gasteiger partial charge in [-0.15, -0.1) is 0 Å². The molecule has 0 radical (unpaired) electrons. The molecule has 0 saturated heterocycles. The van der Waals surface area contributed by atoms with Crippen LogP contribution in [0.5, 0.6) is 5.75 Å². The first-order valence-electron chi connectivity index (χ1n) is 10.3. The van der Waals surface area contributed by atoms with E-state index in [9.17, 15) is 20.0 Å². The lowest BCUT2D eigenvalue weighted by Crippen LogP contribution is -2.36. The minimum absolute atomic E-state index is 0.154. The molecule has 1 unspecified atom stereocenters. The van der Waals surface area contributed by atoms with Crippen LogP contribution < -0.4 is 14.9 Å². The van der Waals surface area contributed by atoms with Gasteiger partial charge in [0, 0.05) is 21.1 Å². The number of rotatable bonds is 4. The Hall–Kier alpha value is -3.53. The monoisotopic (exact) mass is 567 g/mol. The largest absolute Gasteiger partial charge is 0.502 e. The molecule has 4 aromatic rings. The SMILES string of the molecule is O=c1c(=Cc2cc(Br)cc([N+](=O)[O-])c2O)sc2n1C(c1ccc(Cl)cc1)C=C(c1ccccc1)N=2. The highest BCUT2D eigenvalue weighted by atomic mass is 79.9. The number of halogens is 2. The standard InChI is InChI=1S/C25H15BrClN3O4S/c26-17-10-16(23(31)21(12-17)30(33)34)11-22-24(32)29-20(15-6-8-18(27)9-7-15)13-19(28-25(29)35-22)14-4-2-1-3-5-14/h1-13,20,31H. The third-order valence-corrected chi connectivity index (χ3v) is 7.19. The second kappa shape index (κ2) is 9.26. The third-order valence-electron chi connectivity index (χ3n) is 5.50. The molecule has 1 atom stereocenters. The molecular weight excluding hydrogens is 554 g/mol. The Labute approximate surface area is 215 Å². The van der Waals surface area contributed by atoms with Gasteiger partial charge >= 0.3 is 5.69 Å². The summed E-state index contributed by atoms with van der Waals surface area (Å²) in [4.78, 5) is 29.4. The van der Waals surface area contributed by atoms with Crippen molar-refractivity contribution < 1.29 is 10.0 Å². The van der Waals surface area contributed by atoms with Gasteiger partial charge < -0.3 is 5.11 Å². The average Bonchev–Trinajstić information content (AvgIpc) is 3.16. The van der Waals surface area contributed by atoms with Gasteiger partial charge in [-0.1, -0.05) is 81.3 Å². The molecule has 1 N–H and O–H groups in total. The number of nitro benzene ring substituents is 1. The van der Waals surface area contributed by atoms with Crippen LogP contribution in [0.3, 0.4) is 0 Å². The number of nitro groups is 1. The number of phenols is 1. The van der Waals surface area contributed by atoms with Crippen LogP contribution in [0.15, 0.2) is 87.1 Å². The summed E-state index contributed by atoms with van der Waals surface area (Å²) in [5.74, 6) is -0.511. The van der Waals surface area contributed by atoms with Crippen molar-refractivity contribution in [1.29, 1.82) is 0 Å². The lowest BCUT2D eigenvalue weighted by atomic mass is 10.0. The highest BCUT2D eigenvalue weighted by Gasteiger charge is 2.23. The Morgan fingerprint density at radius 2 is 1.86 bits per heavy atom. The van der Waals surface area contributed by atoms with Crippen LogP contribution in [0.4, 0.5) is 5.69 Å². The lowest BCUT2D eigenvalue weighted by Gasteiger charge is -2.19. The van der Waals surface area contributed by atoms with Crippen LogP contribution in [-0.4, -0.2) is 14.6 Å². The summed E-state index contributed by atoms with van der Waals surface area (Å²) >= 11 is 10.5. The molecule has 2 heterocycles. The van der Waals surface area contributed by atoms with Crippen LogP contribution in [-0.2, 0) is 0 Å². The number of fused-ring (bicyclic) bond motifs is 1. The van der Waals surface area contributed by atoms with Crippen LogP contribution >= 0.6 is 38.9 Å². The van der Waals surface area contributed by atoms with Crippen LogP contribution in [0.2, 0.25) is 5.02 Å². The van der Waals surface area contributed by atoms with Crippen molar-refractivity contribution in [2.45, 2.75) is 6.04 Å². The maximum Gasteiger partial charge on any atom is 0.312 e. The number of nitrogens with zero attached hydrogens (tertiary/aromatic N) is 3. The molecule has 1 aromatic heterocycles. The first-order valence-corrected chi connectivity index (χ1v) is 12.3. The van der Waals surface area contributed by atoms with E-state index < -0.39 is 22.4 Å². The summed E-state index contributed by atoms with van der Waals surface area (Å²) in [6, 6.07) is 19.2. The van der Waals surface area contributed by atoms with Gasteiger partial charge in [-0.3, -0.25) is 19.5 Å².